The summed E-state index contributed by atoms with van der Waals surface area (Å²) in [6.07, 6.45) is 90.2. The first kappa shape index (κ1) is 72.5. The fourth-order valence-corrected chi connectivity index (χ4v) is 8.35. The van der Waals surface area contributed by atoms with E-state index in [1.807, 2.05) is 0 Å². The molecule has 6 nitrogen and oxygen atoms in total. The van der Waals surface area contributed by atoms with Gasteiger partial charge in [0.2, 0.25) is 0 Å². The standard InChI is InChI=1S/C71H116O6/c1-4-7-10-13-16-19-22-25-28-30-31-32-33-34-35-36-37-38-39-40-41-42-44-46-49-52-55-58-61-64-70(73)76-67-68(66-75-69(72)63-60-57-54-51-48-45-27-24-21-18-15-12-9-6-3)77-71(74)65-62-59-56-53-50-47-43-29-26-23-20-17-14-11-8-5-2/h7,10,15-16,18-19,24-25,27-29,31-32,34-35,37-38,40-41,43-44,46,68H,4-6,8-9,11-14,17,20-23,26,30,33,36,39,42,45,47-67H2,1-3H3/b10-7-,18-15-,19-16-,27-24-,28-25-,32-31-,35-34-,38-37-,41-40-,43-29-,46-44-. The van der Waals surface area contributed by atoms with Crippen molar-refractivity contribution in [2.24, 2.45) is 0 Å². The zero-order chi connectivity index (χ0) is 55.7. The van der Waals surface area contributed by atoms with Crippen LogP contribution < -0.4 is 0 Å². The highest BCUT2D eigenvalue weighted by atomic mass is 16.6. The van der Waals surface area contributed by atoms with Gasteiger partial charge >= 0.3 is 17.9 Å². The lowest BCUT2D eigenvalue weighted by molar-refractivity contribution is -0.167. The van der Waals surface area contributed by atoms with Crippen LogP contribution in [-0.2, 0) is 28.6 Å². The Labute approximate surface area is 475 Å². The van der Waals surface area contributed by atoms with Crippen LogP contribution in [0.25, 0.3) is 0 Å². The molecule has 1 unspecified atom stereocenters. The first-order valence-electron chi connectivity index (χ1n) is 31.7. The topological polar surface area (TPSA) is 78.9 Å². The second kappa shape index (κ2) is 64.1. The van der Waals surface area contributed by atoms with Crippen molar-refractivity contribution in [3.63, 3.8) is 0 Å². The van der Waals surface area contributed by atoms with Crippen LogP contribution in [0.15, 0.2) is 134 Å². The summed E-state index contributed by atoms with van der Waals surface area (Å²) in [7, 11) is 0. The summed E-state index contributed by atoms with van der Waals surface area (Å²) in [6.45, 7) is 6.45. The van der Waals surface area contributed by atoms with Gasteiger partial charge in [-0.2, -0.15) is 0 Å². The van der Waals surface area contributed by atoms with Crippen molar-refractivity contribution in [3.8, 4) is 0 Å². The molecule has 77 heavy (non-hydrogen) atoms. The summed E-state index contributed by atoms with van der Waals surface area (Å²) >= 11 is 0. The molecular formula is C71H116O6. The number of allylic oxidation sites excluding steroid dienone is 22. The van der Waals surface area contributed by atoms with Gasteiger partial charge in [0.05, 0.1) is 0 Å². The van der Waals surface area contributed by atoms with Gasteiger partial charge in [-0.05, 0) is 135 Å². The number of rotatable bonds is 56. The Hall–Kier alpha value is -4.45. The Bertz CT molecular complexity index is 1650. The minimum Gasteiger partial charge on any atom is -0.462 e. The summed E-state index contributed by atoms with van der Waals surface area (Å²) in [6, 6.07) is 0. The average Bonchev–Trinajstić information content (AvgIpc) is 3.43. The van der Waals surface area contributed by atoms with Gasteiger partial charge in [0, 0.05) is 19.3 Å². The van der Waals surface area contributed by atoms with Gasteiger partial charge in [0.25, 0.3) is 0 Å². The zero-order valence-corrected chi connectivity index (χ0v) is 49.9. The fourth-order valence-electron chi connectivity index (χ4n) is 8.35. The maximum atomic E-state index is 12.9. The van der Waals surface area contributed by atoms with Crippen LogP contribution in [0, 0.1) is 0 Å². The molecule has 0 N–H and O–H groups in total. The van der Waals surface area contributed by atoms with E-state index in [4.69, 9.17) is 14.2 Å². The molecule has 0 aliphatic carbocycles. The third-order valence-corrected chi connectivity index (χ3v) is 13.1. The summed E-state index contributed by atoms with van der Waals surface area (Å²) < 4.78 is 16.9. The SMILES string of the molecule is CC/C=C\C/C=C\C/C=C\C/C=C\C/C=C\C/C=C\C/C=C\C/C=C\CCCCCCC(=O)OCC(COC(=O)CCCCCCC/C=C\C/C=C\CCCC)OC(=O)CCCCCCC/C=C\CCCCCCCCC. The van der Waals surface area contributed by atoms with E-state index in [1.54, 1.807) is 0 Å². The second-order valence-corrected chi connectivity index (χ2v) is 20.6. The highest BCUT2D eigenvalue weighted by molar-refractivity contribution is 5.71. The minimum absolute atomic E-state index is 0.1000. The fraction of sp³-hybridized carbons (Fsp3) is 0.648. The first-order valence-corrected chi connectivity index (χ1v) is 31.7. The molecule has 0 aliphatic rings. The Morgan fingerprint density at radius 3 is 0.844 bits per heavy atom. The van der Waals surface area contributed by atoms with Crippen LogP contribution in [0.5, 0.6) is 0 Å². The van der Waals surface area contributed by atoms with E-state index in [0.717, 1.165) is 161 Å². The van der Waals surface area contributed by atoms with Gasteiger partial charge in [-0.25, -0.2) is 0 Å². The van der Waals surface area contributed by atoms with Crippen LogP contribution in [0.4, 0.5) is 0 Å². The lowest BCUT2D eigenvalue weighted by atomic mass is 10.1. The smallest absolute Gasteiger partial charge is 0.306 e. The maximum Gasteiger partial charge on any atom is 0.306 e. The van der Waals surface area contributed by atoms with Crippen molar-refractivity contribution >= 4 is 17.9 Å². The predicted molar refractivity (Wildman–Crippen MR) is 334 cm³/mol. The van der Waals surface area contributed by atoms with E-state index in [0.29, 0.717) is 19.3 Å². The first-order chi connectivity index (χ1) is 38.0. The molecular weight excluding hydrogens is 949 g/mol. The van der Waals surface area contributed by atoms with Crippen molar-refractivity contribution in [1.29, 1.82) is 0 Å². The number of esters is 3. The summed E-state index contributed by atoms with van der Waals surface area (Å²) in [5.41, 5.74) is 0. The van der Waals surface area contributed by atoms with Crippen LogP contribution in [-0.4, -0.2) is 37.2 Å². The molecule has 1 atom stereocenters. The highest BCUT2D eigenvalue weighted by Crippen LogP contribution is 2.14. The Morgan fingerprint density at radius 2 is 0.519 bits per heavy atom. The zero-order valence-electron chi connectivity index (χ0n) is 49.9. The number of hydrogen-bond donors (Lipinski definition) is 0. The molecule has 0 amide bonds. The van der Waals surface area contributed by atoms with Crippen molar-refractivity contribution in [3.05, 3.63) is 134 Å². The van der Waals surface area contributed by atoms with E-state index in [2.05, 4.69) is 154 Å². The van der Waals surface area contributed by atoms with E-state index < -0.39 is 6.10 Å². The predicted octanol–water partition coefficient (Wildman–Crippen LogP) is 21.8. The van der Waals surface area contributed by atoms with Gasteiger partial charge in [0.1, 0.15) is 13.2 Å². The van der Waals surface area contributed by atoms with E-state index in [9.17, 15) is 14.4 Å². The Morgan fingerprint density at radius 1 is 0.273 bits per heavy atom. The van der Waals surface area contributed by atoms with Gasteiger partial charge in [-0.15, -0.1) is 0 Å². The van der Waals surface area contributed by atoms with Crippen molar-refractivity contribution < 1.29 is 28.6 Å². The molecule has 0 aromatic carbocycles. The second-order valence-electron chi connectivity index (χ2n) is 20.6. The van der Waals surface area contributed by atoms with Crippen molar-refractivity contribution in [2.75, 3.05) is 13.2 Å². The lowest BCUT2D eigenvalue weighted by Gasteiger charge is -2.18. The summed E-state index contributed by atoms with van der Waals surface area (Å²) in [5, 5.41) is 0. The van der Waals surface area contributed by atoms with Gasteiger partial charge in [0.15, 0.2) is 6.10 Å². The third-order valence-electron chi connectivity index (χ3n) is 13.1. The van der Waals surface area contributed by atoms with Crippen LogP contribution >= 0.6 is 0 Å². The minimum atomic E-state index is -0.804. The van der Waals surface area contributed by atoms with Crippen LogP contribution in [0.3, 0.4) is 0 Å². The monoisotopic (exact) mass is 1060 g/mol. The summed E-state index contributed by atoms with van der Waals surface area (Å²) in [4.78, 5) is 38.3. The maximum absolute atomic E-state index is 12.9. The van der Waals surface area contributed by atoms with Gasteiger partial charge in [-0.1, -0.05) is 257 Å². The molecule has 0 saturated carbocycles. The number of carbonyl (C=O) groups is 3. The lowest BCUT2D eigenvalue weighted by Crippen LogP contribution is -2.30. The van der Waals surface area contributed by atoms with Gasteiger partial charge < -0.3 is 14.2 Å². The molecule has 0 rings (SSSR count). The van der Waals surface area contributed by atoms with Crippen molar-refractivity contribution in [1.82, 2.24) is 0 Å². The van der Waals surface area contributed by atoms with E-state index in [-0.39, 0.29) is 31.1 Å². The largest absolute Gasteiger partial charge is 0.462 e. The average molecular weight is 1070 g/mol. The molecule has 6 heteroatoms. The molecule has 0 aliphatic heterocycles. The molecule has 0 radical (unpaired) electrons. The molecule has 0 heterocycles. The molecule has 436 valence electrons. The molecule has 0 aromatic heterocycles. The number of hydrogen-bond acceptors (Lipinski definition) is 6. The van der Waals surface area contributed by atoms with E-state index >= 15 is 0 Å². The van der Waals surface area contributed by atoms with Crippen LogP contribution in [0.2, 0.25) is 0 Å². The molecule has 0 saturated heterocycles. The van der Waals surface area contributed by atoms with Crippen molar-refractivity contribution in [2.45, 2.75) is 284 Å². The molecule has 0 spiro atoms. The van der Waals surface area contributed by atoms with E-state index in [1.165, 1.54) is 77.0 Å². The quantitative estimate of drug-likeness (QED) is 0.0261. The third kappa shape index (κ3) is 62.3. The highest BCUT2D eigenvalue weighted by Gasteiger charge is 2.19. The normalized spacial score (nSPS) is 13.0. The molecule has 0 aromatic rings. The Balaban J connectivity index is 4.41. The Kier molecular flexibility index (Phi) is 60.4. The number of carbonyl (C=O) groups excluding carboxylic acids is 3. The molecule has 0 bridgehead atoms. The van der Waals surface area contributed by atoms with Gasteiger partial charge in [-0.3, -0.25) is 14.4 Å². The number of ether oxygens (including phenoxy) is 3. The number of unbranched alkanes of at least 4 members (excludes halogenated alkanes) is 23. The summed E-state index contributed by atoms with van der Waals surface area (Å²) in [5.74, 6) is -0.946. The molecule has 0 fully saturated rings. The van der Waals surface area contributed by atoms with Crippen LogP contribution in [0.1, 0.15) is 278 Å².